The highest BCUT2D eigenvalue weighted by atomic mass is 32.1. The van der Waals surface area contributed by atoms with Gasteiger partial charge in [-0.15, -0.1) is 11.3 Å². The standard InChI is InChI=1S/C13H22N2S/c1-4-13(3)10-15(7-6-14-13)9-12-11(2)5-8-16-12/h5,8,14H,4,6-7,9-10H2,1-3H3. The summed E-state index contributed by atoms with van der Waals surface area (Å²) in [5, 5.41) is 5.83. The molecule has 1 saturated heterocycles. The summed E-state index contributed by atoms with van der Waals surface area (Å²) in [5.41, 5.74) is 1.75. The van der Waals surface area contributed by atoms with Crippen LogP contribution in [0.4, 0.5) is 0 Å². The Morgan fingerprint density at radius 2 is 2.38 bits per heavy atom. The number of nitrogens with one attached hydrogen (secondary N) is 1. The molecule has 0 aromatic carbocycles. The van der Waals surface area contributed by atoms with Crippen molar-refractivity contribution in [2.24, 2.45) is 0 Å². The smallest absolute Gasteiger partial charge is 0.0331 e. The van der Waals surface area contributed by atoms with Gasteiger partial charge < -0.3 is 5.32 Å². The summed E-state index contributed by atoms with van der Waals surface area (Å²) in [6.45, 7) is 11.4. The molecule has 1 N–H and O–H groups in total. The molecule has 90 valence electrons. The molecule has 1 aliphatic rings. The molecule has 0 bridgehead atoms. The lowest BCUT2D eigenvalue weighted by molar-refractivity contribution is 0.134. The lowest BCUT2D eigenvalue weighted by Crippen LogP contribution is -2.57. The molecule has 1 aromatic rings. The molecule has 1 unspecified atom stereocenters. The van der Waals surface area contributed by atoms with E-state index in [1.54, 1.807) is 0 Å². The number of rotatable bonds is 3. The van der Waals surface area contributed by atoms with Crippen molar-refractivity contribution in [3.05, 3.63) is 21.9 Å². The molecule has 0 aliphatic carbocycles. The van der Waals surface area contributed by atoms with Crippen molar-refractivity contribution >= 4 is 11.3 Å². The van der Waals surface area contributed by atoms with Gasteiger partial charge in [-0.3, -0.25) is 4.90 Å². The Labute approximate surface area is 103 Å². The molecule has 3 heteroatoms. The van der Waals surface area contributed by atoms with Crippen LogP contribution in [0.3, 0.4) is 0 Å². The summed E-state index contributed by atoms with van der Waals surface area (Å²) in [4.78, 5) is 4.11. The Balaban J connectivity index is 1.98. The van der Waals surface area contributed by atoms with E-state index in [0.29, 0.717) is 5.54 Å². The van der Waals surface area contributed by atoms with Gasteiger partial charge in [-0.25, -0.2) is 0 Å². The zero-order valence-electron chi connectivity index (χ0n) is 10.5. The molecule has 2 heterocycles. The molecular weight excluding hydrogens is 216 g/mol. The zero-order valence-corrected chi connectivity index (χ0v) is 11.4. The van der Waals surface area contributed by atoms with Gasteiger partial charge >= 0.3 is 0 Å². The average Bonchev–Trinajstić information content (AvgIpc) is 2.65. The Kier molecular flexibility index (Phi) is 3.67. The number of thiophene rings is 1. The number of aryl methyl sites for hydroxylation is 1. The summed E-state index contributed by atoms with van der Waals surface area (Å²) in [5.74, 6) is 0. The first kappa shape index (κ1) is 12.1. The fraction of sp³-hybridized carbons (Fsp3) is 0.692. The Hall–Kier alpha value is -0.380. The van der Waals surface area contributed by atoms with Crippen molar-refractivity contribution in [2.45, 2.75) is 39.3 Å². The largest absolute Gasteiger partial charge is 0.309 e. The van der Waals surface area contributed by atoms with E-state index in [2.05, 4.69) is 42.4 Å². The summed E-state index contributed by atoms with van der Waals surface area (Å²) < 4.78 is 0. The predicted molar refractivity (Wildman–Crippen MR) is 71.0 cm³/mol. The fourth-order valence-corrected chi connectivity index (χ4v) is 3.23. The van der Waals surface area contributed by atoms with E-state index in [-0.39, 0.29) is 0 Å². The van der Waals surface area contributed by atoms with Crippen molar-refractivity contribution in [2.75, 3.05) is 19.6 Å². The number of hydrogen-bond acceptors (Lipinski definition) is 3. The highest BCUT2D eigenvalue weighted by Gasteiger charge is 2.28. The van der Waals surface area contributed by atoms with Crippen molar-refractivity contribution in [1.29, 1.82) is 0 Å². The van der Waals surface area contributed by atoms with Gasteiger partial charge in [0.1, 0.15) is 0 Å². The Morgan fingerprint density at radius 3 is 3.00 bits per heavy atom. The first-order valence-electron chi connectivity index (χ1n) is 6.13. The predicted octanol–water partition coefficient (Wildman–Crippen LogP) is 2.63. The Morgan fingerprint density at radius 1 is 1.56 bits per heavy atom. The van der Waals surface area contributed by atoms with Crippen LogP contribution in [0.5, 0.6) is 0 Å². The first-order valence-corrected chi connectivity index (χ1v) is 7.01. The highest BCUT2D eigenvalue weighted by Crippen LogP contribution is 2.21. The van der Waals surface area contributed by atoms with Crippen LogP contribution < -0.4 is 5.32 Å². The van der Waals surface area contributed by atoms with Gasteiger partial charge in [0.2, 0.25) is 0 Å². The van der Waals surface area contributed by atoms with Crippen LogP contribution >= 0.6 is 11.3 Å². The maximum atomic E-state index is 3.63. The van der Waals surface area contributed by atoms with Crippen molar-refractivity contribution in [3.63, 3.8) is 0 Å². The van der Waals surface area contributed by atoms with E-state index in [1.165, 1.54) is 30.0 Å². The molecule has 0 saturated carbocycles. The average molecular weight is 238 g/mol. The van der Waals surface area contributed by atoms with E-state index < -0.39 is 0 Å². The molecule has 1 atom stereocenters. The van der Waals surface area contributed by atoms with E-state index >= 15 is 0 Å². The molecule has 1 aliphatic heterocycles. The van der Waals surface area contributed by atoms with Gasteiger partial charge in [0.15, 0.2) is 0 Å². The normalized spacial score (nSPS) is 27.2. The molecule has 2 nitrogen and oxygen atoms in total. The second-order valence-corrected chi connectivity index (χ2v) is 6.08. The summed E-state index contributed by atoms with van der Waals surface area (Å²) in [6.07, 6.45) is 1.20. The first-order chi connectivity index (χ1) is 7.63. The number of hydrogen-bond donors (Lipinski definition) is 1. The van der Waals surface area contributed by atoms with Crippen LogP contribution in [0, 0.1) is 6.92 Å². The van der Waals surface area contributed by atoms with Gasteiger partial charge in [0, 0.05) is 36.6 Å². The fourth-order valence-electron chi connectivity index (χ4n) is 2.29. The van der Waals surface area contributed by atoms with Gasteiger partial charge in [-0.1, -0.05) is 6.92 Å². The Bertz CT molecular complexity index is 347. The molecule has 0 radical (unpaired) electrons. The van der Waals surface area contributed by atoms with Crippen LogP contribution in [0.1, 0.15) is 30.7 Å². The molecule has 16 heavy (non-hydrogen) atoms. The minimum Gasteiger partial charge on any atom is -0.309 e. The van der Waals surface area contributed by atoms with Gasteiger partial charge in [0.05, 0.1) is 0 Å². The molecule has 0 spiro atoms. The van der Waals surface area contributed by atoms with E-state index in [0.717, 1.165) is 13.1 Å². The molecule has 2 rings (SSSR count). The second-order valence-electron chi connectivity index (χ2n) is 5.08. The van der Waals surface area contributed by atoms with Crippen LogP contribution in [0.2, 0.25) is 0 Å². The minimum absolute atomic E-state index is 0.309. The maximum Gasteiger partial charge on any atom is 0.0331 e. The molecule has 0 amide bonds. The van der Waals surface area contributed by atoms with Crippen molar-refractivity contribution in [3.8, 4) is 0 Å². The number of nitrogens with zero attached hydrogens (tertiary/aromatic N) is 1. The lowest BCUT2D eigenvalue weighted by Gasteiger charge is -2.41. The minimum atomic E-state index is 0.309. The van der Waals surface area contributed by atoms with E-state index in [4.69, 9.17) is 0 Å². The zero-order chi connectivity index (χ0) is 11.6. The van der Waals surface area contributed by atoms with Crippen molar-refractivity contribution < 1.29 is 0 Å². The third-order valence-corrected chi connectivity index (χ3v) is 4.68. The highest BCUT2D eigenvalue weighted by molar-refractivity contribution is 7.10. The van der Waals surface area contributed by atoms with Crippen LogP contribution in [0.25, 0.3) is 0 Å². The van der Waals surface area contributed by atoms with Gasteiger partial charge in [-0.2, -0.15) is 0 Å². The maximum absolute atomic E-state index is 3.63. The third-order valence-electron chi connectivity index (χ3n) is 3.67. The monoisotopic (exact) mass is 238 g/mol. The van der Waals surface area contributed by atoms with E-state index in [9.17, 15) is 0 Å². The lowest BCUT2D eigenvalue weighted by atomic mass is 9.96. The SMILES string of the molecule is CCC1(C)CN(Cc2sccc2C)CCN1. The van der Waals surface area contributed by atoms with Gasteiger partial charge in [0.25, 0.3) is 0 Å². The van der Waals surface area contributed by atoms with Gasteiger partial charge in [-0.05, 0) is 37.3 Å². The third kappa shape index (κ3) is 2.65. The summed E-state index contributed by atoms with van der Waals surface area (Å²) >= 11 is 1.89. The van der Waals surface area contributed by atoms with Crippen molar-refractivity contribution in [1.82, 2.24) is 10.2 Å². The quantitative estimate of drug-likeness (QED) is 0.871. The van der Waals surface area contributed by atoms with E-state index in [1.807, 2.05) is 11.3 Å². The topological polar surface area (TPSA) is 15.3 Å². The number of piperazine rings is 1. The molecule has 1 fully saturated rings. The summed E-state index contributed by atoms with van der Waals surface area (Å²) in [7, 11) is 0. The molecule has 1 aromatic heterocycles. The van der Waals surface area contributed by atoms with Crippen LogP contribution in [-0.2, 0) is 6.54 Å². The second kappa shape index (κ2) is 4.86. The van der Waals surface area contributed by atoms with Crippen LogP contribution in [0.15, 0.2) is 11.4 Å². The summed E-state index contributed by atoms with van der Waals surface area (Å²) in [6, 6.07) is 2.22. The van der Waals surface area contributed by atoms with Crippen LogP contribution in [-0.4, -0.2) is 30.1 Å². The molecular formula is C13H22N2S.